The van der Waals surface area contributed by atoms with Gasteiger partial charge in [0.2, 0.25) is 16.9 Å². The molecule has 0 bridgehead atoms. The fourth-order valence-electron chi connectivity index (χ4n) is 7.71. The average Bonchev–Trinajstić information content (AvgIpc) is 3.86. The Balaban J connectivity index is 1.02. The fourth-order valence-corrected chi connectivity index (χ4v) is 11.0. The van der Waals surface area contributed by atoms with Crippen LogP contribution in [0.1, 0.15) is 59.1 Å². The minimum Gasteiger partial charge on any atom is -0.790 e. The van der Waals surface area contributed by atoms with Crippen molar-refractivity contribution in [3.8, 4) is 0 Å². The lowest BCUT2D eigenvalue weighted by Gasteiger charge is -2.42. The number of thioether (sulfide) groups is 1. The van der Waals surface area contributed by atoms with Crippen LogP contribution in [0.25, 0.3) is 11.2 Å². The highest BCUT2D eigenvalue weighted by molar-refractivity contribution is 8.14. The molecule has 2 aliphatic carbocycles. The minimum atomic E-state index is -5.94. The molecule has 2 amide bonds. The van der Waals surface area contributed by atoms with E-state index in [1.54, 1.807) is 6.08 Å². The number of aliphatic hydroxyl groups is 3. The summed E-state index contributed by atoms with van der Waals surface area (Å²) in [7, 11) is -17.7. The number of phosphoric acid groups is 3. The molecule has 3 heterocycles. The number of ether oxygens (including phenoxy) is 1. The van der Waals surface area contributed by atoms with Gasteiger partial charge in [-0.1, -0.05) is 38.6 Å². The van der Waals surface area contributed by atoms with E-state index in [1.807, 2.05) is 6.92 Å². The van der Waals surface area contributed by atoms with E-state index in [1.165, 1.54) is 19.9 Å². The Morgan fingerprint density at radius 2 is 1.80 bits per heavy atom. The lowest BCUT2D eigenvalue weighted by atomic mass is 9.63. The molecule has 2 saturated carbocycles. The first kappa shape index (κ1) is 51.9. The summed E-state index contributed by atoms with van der Waals surface area (Å²) >= 11 is 0.938. The number of ketones is 1. The van der Waals surface area contributed by atoms with E-state index < -0.39 is 96.1 Å². The van der Waals surface area contributed by atoms with Crippen LogP contribution in [0.3, 0.4) is 0 Å². The largest absolute Gasteiger partial charge is 0.790 e. The average molecular weight is 984 g/mol. The van der Waals surface area contributed by atoms with Gasteiger partial charge in [-0.3, -0.25) is 32.9 Å². The van der Waals surface area contributed by atoms with Crippen molar-refractivity contribution in [2.45, 2.75) is 89.6 Å². The highest BCUT2D eigenvalue weighted by atomic mass is 32.2. The van der Waals surface area contributed by atoms with Gasteiger partial charge in [0.15, 0.2) is 17.7 Å². The van der Waals surface area contributed by atoms with Gasteiger partial charge in [-0.05, 0) is 31.3 Å². The van der Waals surface area contributed by atoms with Crippen molar-refractivity contribution < 1.29 is 90.4 Å². The molecule has 0 spiro atoms. The fraction of sp³-hybridized carbons (Fsp3) is 0.676. The Morgan fingerprint density at radius 3 is 2.50 bits per heavy atom. The van der Waals surface area contributed by atoms with Gasteiger partial charge in [-0.2, -0.15) is 0 Å². The third kappa shape index (κ3) is 13.1. The van der Waals surface area contributed by atoms with E-state index in [-0.39, 0.29) is 65.0 Å². The summed E-state index contributed by atoms with van der Waals surface area (Å²) in [5, 5.41) is 36.5. The first-order valence-corrected chi connectivity index (χ1v) is 25.0. The zero-order valence-corrected chi connectivity index (χ0v) is 38.0. The lowest BCUT2D eigenvalue weighted by Crippen LogP contribution is -2.46. The predicted octanol–water partition coefficient (Wildman–Crippen LogP) is -2.55. The molecule has 2 aromatic rings. The number of rotatable bonds is 21. The van der Waals surface area contributed by atoms with Gasteiger partial charge in [0.25, 0.3) is 15.6 Å². The number of carbonyl (C=O) groups excluding carboxylic acids is 4. The Bertz CT molecular complexity index is 2230. The molecular formula is C34H48N7O19P3S-4. The number of amides is 2. The molecule has 30 heteroatoms. The van der Waals surface area contributed by atoms with Crippen LogP contribution in [0, 0.1) is 22.7 Å². The third-order valence-corrected chi connectivity index (χ3v) is 15.0. The molecule has 3 fully saturated rings. The van der Waals surface area contributed by atoms with E-state index in [2.05, 4.69) is 43.5 Å². The second-order valence-corrected chi connectivity index (χ2v) is 21.3. The maximum absolute atomic E-state index is 12.6. The lowest BCUT2D eigenvalue weighted by molar-refractivity contribution is -0.347. The normalized spacial score (nSPS) is 28.7. The molecule has 7 N–H and O–H groups in total. The number of nitrogens with two attached hydrogens (primary N) is 1. The quantitative estimate of drug-likeness (QED) is 0.0426. The number of imidazole rings is 1. The second-order valence-electron chi connectivity index (χ2n) is 16.2. The standard InChI is InChI=1S/C34H52N7O19P3S/c1-33(2,28(47)31(48)37-11-9-23(44)36-12-13-64-24(45)7-4-18-19-5-6-22(43)34(19,3)10-8-20(18)42)15-57-63(54,55)60-62(52,53)56-14-21-27(59-61(49,50)51)26(46)32(58-21)41-17-40-25-29(35)38-16-39-30(25)41/h4,7,16-21,26-28,32,42,46-47H,5-6,8-15H2,1-3H3,(H,36,44)(H,37,48)(H,52,53)(H,54,55)(H2,35,38,39)(H2,49,50,51)/p-4/b7-4+/t18-,19-,20+,21+,26+,27+,28-,32+,34-/m0/s1. The van der Waals surface area contributed by atoms with Crippen molar-refractivity contribution in [3.63, 3.8) is 0 Å². The molecule has 358 valence electrons. The minimum absolute atomic E-state index is 0.0299. The van der Waals surface area contributed by atoms with Crippen LogP contribution >= 0.6 is 35.2 Å². The van der Waals surface area contributed by atoms with E-state index in [0.29, 0.717) is 25.7 Å². The molecule has 2 aromatic heterocycles. The summed E-state index contributed by atoms with van der Waals surface area (Å²) in [5.74, 6) is -1.59. The number of anilines is 1. The Hall–Kier alpha value is -3.07. The molecule has 11 atom stereocenters. The van der Waals surface area contributed by atoms with Crippen LogP contribution in [0.15, 0.2) is 24.8 Å². The number of nitrogen functional groups attached to an aromatic ring is 1. The van der Waals surface area contributed by atoms with Gasteiger partial charge in [0, 0.05) is 48.4 Å². The zero-order chi connectivity index (χ0) is 47.4. The van der Waals surface area contributed by atoms with Crippen LogP contribution < -0.4 is 35.9 Å². The first-order chi connectivity index (χ1) is 29.7. The Kier molecular flexibility index (Phi) is 16.9. The van der Waals surface area contributed by atoms with E-state index >= 15 is 0 Å². The molecular weight excluding hydrogens is 935 g/mol. The van der Waals surface area contributed by atoms with E-state index in [0.717, 1.165) is 29.0 Å². The number of phosphoric ester groups is 3. The number of aliphatic hydroxyl groups excluding tert-OH is 3. The first-order valence-electron chi connectivity index (χ1n) is 19.6. The molecule has 26 nitrogen and oxygen atoms in total. The maximum atomic E-state index is 12.6. The van der Waals surface area contributed by atoms with Gasteiger partial charge >= 0.3 is 0 Å². The SMILES string of the molecule is CC(C)(COP(=O)([O-])OP(=O)([O-])OC[C@H]1O[C@@H](n2cnc3c(N)ncnc32)[C@H](O)[C@@H]1OP(=O)([O-])[O-])[C@@H](O)C(=O)NCCC(=O)NCCSC(=O)/C=C/[C@@H]1[C@H](O)CC[C@]2(C)C(=O)CC[C@@H]12. The summed E-state index contributed by atoms with van der Waals surface area (Å²) in [6.07, 6.45) is -3.14. The van der Waals surface area contributed by atoms with Crippen molar-refractivity contribution in [1.82, 2.24) is 30.2 Å². The number of nitrogens with zero attached hydrogens (tertiary/aromatic N) is 4. The Morgan fingerprint density at radius 1 is 1.09 bits per heavy atom. The highest BCUT2D eigenvalue weighted by Crippen LogP contribution is 2.57. The van der Waals surface area contributed by atoms with Crippen molar-refractivity contribution in [2.24, 2.45) is 22.7 Å². The number of carbonyl (C=O) groups is 4. The number of nitrogens with one attached hydrogen (secondary N) is 2. The van der Waals surface area contributed by atoms with E-state index in [9.17, 15) is 67.8 Å². The number of hydrogen-bond acceptors (Lipinski definition) is 24. The maximum Gasteiger partial charge on any atom is 0.274 e. The monoisotopic (exact) mass is 983 g/mol. The van der Waals surface area contributed by atoms with Crippen LogP contribution in [0.4, 0.5) is 5.82 Å². The predicted molar refractivity (Wildman–Crippen MR) is 212 cm³/mol. The molecule has 3 aliphatic rings. The van der Waals surface area contributed by atoms with Gasteiger partial charge < -0.3 is 74.1 Å². The number of hydrogen-bond donors (Lipinski definition) is 6. The number of aromatic nitrogens is 4. The Labute approximate surface area is 369 Å². The smallest absolute Gasteiger partial charge is 0.274 e. The zero-order valence-electron chi connectivity index (χ0n) is 34.5. The summed E-state index contributed by atoms with van der Waals surface area (Å²) in [5.41, 5.74) is 3.53. The van der Waals surface area contributed by atoms with Gasteiger partial charge in [-0.25, -0.2) is 19.3 Å². The number of Topliss-reactive ketones (excluding diaryl/α,β-unsaturated/α-hetero) is 1. The molecule has 2 unspecified atom stereocenters. The molecule has 0 radical (unpaired) electrons. The second kappa shape index (κ2) is 20.8. The van der Waals surface area contributed by atoms with Crippen molar-refractivity contribution >= 4 is 74.9 Å². The number of fused-ring (bicyclic) bond motifs is 2. The molecule has 64 heavy (non-hydrogen) atoms. The third-order valence-electron chi connectivity index (χ3n) is 11.2. The molecule has 1 saturated heterocycles. The van der Waals surface area contributed by atoms with Crippen molar-refractivity contribution in [3.05, 3.63) is 24.8 Å². The van der Waals surface area contributed by atoms with Crippen molar-refractivity contribution in [2.75, 3.05) is 37.8 Å². The van der Waals surface area contributed by atoms with Crippen molar-refractivity contribution in [1.29, 1.82) is 0 Å². The van der Waals surface area contributed by atoms with Gasteiger partial charge in [0.05, 0.1) is 33.5 Å². The molecule has 5 rings (SSSR count). The van der Waals surface area contributed by atoms with E-state index in [4.69, 9.17) is 10.5 Å². The molecule has 0 aromatic carbocycles. The van der Waals surface area contributed by atoms with Crippen LogP contribution in [0.2, 0.25) is 0 Å². The van der Waals surface area contributed by atoms with Crippen LogP contribution in [-0.2, 0) is 55.5 Å². The summed E-state index contributed by atoms with van der Waals surface area (Å²) in [6, 6.07) is 0. The van der Waals surface area contributed by atoms with Gasteiger partial charge in [-0.15, -0.1) is 0 Å². The van der Waals surface area contributed by atoms with Crippen LogP contribution in [-0.4, -0.2) is 120 Å². The summed E-state index contributed by atoms with van der Waals surface area (Å²) in [4.78, 5) is 109. The topological polar surface area (TPSA) is 412 Å². The van der Waals surface area contributed by atoms with Crippen LogP contribution in [0.5, 0.6) is 0 Å². The molecule has 1 aliphatic heterocycles. The van der Waals surface area contributed by atoms with Gasteiger partial charge in [0.1, 0.15) is 42.0 Å². The summed E-state index contributed by atoms with van der Waals surface area (Å²) in [6.45, 7) is 1.81. The summed E-state index contributed by atoms with van der Waals surface area (Å²) < 4.78 is 60.7. The highest BCUT2D eigenvalue weighted by Gasteiger charge is 2.53.